The summed E-state index contributed by atoms with van der Waals surface area (Å²) in [7, 11) is 0. The molecule has 2 heterocycles. The van der Waals surface area contributed by atoms with E-state index in [1.165, 1.54) is 12.1 Å². The molecule has 0 radical (unpaired) electrons. The fourth-order valence-corrected chi connectivity index (χ4v) is 2.94. The molecule has 0 unspecified atom stereocenters. The lowest BCUT2D eigenvalue weighted by atomic mass is 10.0. The highest BCUT2D eigenvalue weighted by Gasteiger charge is 2.19. The third kappa shape index (κ3) is 3.03. The van der Waals surface area contributed by atoms with Gasteiger partial charge in [0.25, 0.3) is 5.69 Å². The maximum absolute atomic E-state index is 12.4. The minimum atomic E-state index is -0.441. The summed E-state index contributed by atoms with van der Waals surface area (Å²) in [5.74, 6) is 0.545. The van der Waals surface area contributed by atoms with Crippen molar-refractivity contribution in [1.29, 1.82) is 0 Å². The summed E-state index contributed by atoms with van der Waals surface area (Å²) in [6, 6.07) is 4.48. The van der Waals surface area contributed by atoms with Crippen molar-refractivity contribution in [2.24, 2.45) is 0 Å². The van der Waals surface area contributed by atoms with Crippen LogP contribution >= 0.6 is 0 Å². The number of hydrogen-bond acceptors (Lipinski definition) is 5. The summed E-state index contributed by atoms with van der Waals surface area (Å²) in [4.78, 5) is 24.7. The second kappa shape index (κ2) is 6.45. The van der Waals surface area contributed by atoms with Crippen molar-refractivity contribution in [3.05, 3.63) is 45.7 Å². The summed E-state index contributed by atoms with van der Waals surface area (Å²) in [6.45, 7) is 5.82. The van der Waals surface area contributed by atoms with Gasteiger partial charge in [-0.1, -0.05) is 0 Å². The molecule has 0 atom stereocenters. The zero-order chi connectivity index (χ0) is 17.3. The van der Waals surface area contributed by atoms with Gasteiger partial charge in [-0.25, -0.2) is 0 Å². The Labute approximate surface area is 138 Å². The smallest absolute Gasteiger partial charge is 0.270 e. The fourth-order valence-electron chi connectivity index (χ4n) is 2.94. The molecule has 7 nitrogen and oxygen atoms in total. The van der Waals surface area contributed by atoms with Crippen LogP contribution in [0.25, 0.3) is 16.5 Å². The predicted octanol–water partition coefficient (Wildman–Crippen LogP) is 2.91. The van der Waals surface area contributed by atoms with Crippen molar-refractivity contribution in [3.63, 3.8) is 0 Å². The molecule has 1 aliphatic rings. The Balaban J connectivity index is 1.99. The number of aryl methyl sites for hydroxylation is 1. The quantitative estimate of drug-likeness (QED) is 0.491. The highest BCUT2D eigenvalue weighted by molar-refractivity contribution is 6.00. The van der Waals surface area contributed by atoms with Gasteiger partial charge in [0, 0.05) is 42.2 Å². The molecule has 3 rings (SSSR count). The van der Waals surface area contributed by atoms with Gasteiger partial charge in [-0.15, -0.1) is 0 Å². The van der Waals surface area contributed by atoms with Crippen LogP contribution in [0.2, 0.25) is 0 Å². The predicted molar refractivity (Wildman–Crippen MR) is 88.7 cm³/mol. The van der Waals surface area contributed by atoms with E-state index in [1.54, 1.807) is 24.0 Å². The molecule has 1 aromatic carbocycles. The number of benzene rings is 1. The summed E-state index contributed by atoms with van der Waals surface area (Å²) >= 11 is 0. The van der Waals surface area contributed by atoms with Crippen molar-refractivity contribution in [2.75, 3.05) is 26.3 Å². The number of rotatable bonds is 3. The lowest BCUT2D eigenvalue weighted by molar-refractivity contribution is -0.384. The molecule has 1 aromatic heterocycles. The van der Waals surface area contributed by atoms with Gasteiger partial charge < -0.3 is 14.1 Å². The minimum absolute atomic E-state index is 0.00291. The Morgan fingerprint density at radius 3 is 2.71 bits per heavy atom. The van der Waals surface area contributed by atoms with Crippen molar-refractivity contribution in [1.82, 2.24) is 4.90 Å². The highest BCUT2D eigenvalue weighted by Crippen LogP contribution is 2.33. The maximum Gasteiger partial charge on any atom is 0.270 e. The van der Waals surface area contributed by atoms with Gasteiger partial charge in [0.2, 0.25) is 5.91 Å². The first-order valence-corrected chi connectivity index (χ1v) is 7.70. The first kappa shape index (κ1) is 16.2. The van der Waals surface area contributed by atoms with E-state index in [4.69, 9.17) is 9.15 Å². The highest BCUT2D eigenvalue weighted by atomic mass is 16.6. The van der Waals surface area contributed by atoms with Crippen molar-refractivity contribution in [2.45, 2.75) is 13.8 Å². The number of nitrogens with zero attached hydrogens (tertiary/aromatic N) is 2. The van der Waals surface area contributed by atoms with Gasteiger partial charge in [-0.3, -0.25) is 14.9 Å². The van der Waals surface area contributed by atoms with Gasteiger partial charge in [0.15, 0.2) is 0 Å². The van der Waals surface area contributed by atoms with E-state index in [1.807, 2.05) is 6.92 Å². The summed E-state index contributed by atoms with van der Waals surface area (Å²) < 4.78 is 10.9. The van der Waals surface area contributed by atoms with Crippen LogP contribution in [-0.2, 0) is 9.53 Å². The van der Waals surface area contributed by atoms with E-state index in [2.05, 4.69) is 0 Å². The van der Waals surface area contributed by atoms with Gasteiger partial charge >= 0.3 is 0 Å². The average molecular weight is 330 g/mol. The first-order valence-electron chi connectivity index (χ1n) is 7.70. The summed E-state index contributed by atoms with van der Waals surface area (Å²) in [5, 5.41) is 11.6. The molecule has 126 valence electrons. The van der Waals surface area contributed by atoms with Crippen LogP contribution in [0.1, 0.15) is 18.2 Å². The maximum atomic E-state index is 12.4. The second-order valence-electron chi connectivity index (χ2n) is 5.74. The number of nitro groups is 1. The fraction of sp³-hybridized carbons (Fsp3) is 0.353. The SMILES string of the molecule is C/C(=C\C(=O)N1CCOCC1)c1c(C)oc2ccc([N+](=O)[O-])cc12. The Morgan fingerprint density at radius 1 is 1.33 bits per heavy atom. The molecule has 24 heavy (non-hydrogen) atoms. The molecule has 1 aliphatic heterocycles. The lowest BCUT2D eigenvalue weighted by Gasteiger charge is -2.25. The summed E-state index contributed by atoms with van der Waals surface area (Å²) in [6.07, 6.45) is 1.56. The number of hydrogen-bond donors (Lipinski definition) is 0. The molecule has 0 spiro atoms. The Morgan fingerprint density at radius 2 is 2.04 bits per heavy atom. The number of fused-ring (bicyclic) bond motifs is 1. The lowest BCUT2D eigenvalue weighted by Crippen LogP contribution is -2.39. The topological polar surface area (TPSA) is 85.8 Å². The van der Waals surface area contributed by atoms with Crippen LogP contribution in [-0.4, -0.2) is 42.0 Å². The number of amides is 1. The largest absolute Gasteiger partial charge is 0.461 e. The van der Waals surface area contributed by atoms with E-state index in [0.29, 0.717) is 43.0 Å². The first-order chi connectivity index (χ1) is 11.5. The van der Waals surface area contributed by atoms with Gasteiger partial charge in [-0.05, 0) is 25.5 Å². The zero-order valence-electron chi connectivity index (χ0n) is 13.6. The monoisotopic (exact) mass is 330 g/mol. The number of carbonyl (C=O) groups excluding carboxylic acids is 1. The second-order valence-corrected chi connectivity index (χ2v) is 5.74. The normalized spacial score (nSPS) is 15.8. The molecule has 0 aliphatic carbocycles. The van der Waals surface area contributed by atoms with E-state index in [-0.39, 0.29) is 11.6 Å². The van der Waals surface area contributed by atoms with E-state index < -0.39 is 4.92 Å². The minimum Gasteiger partial charge on any atom is -0.461 e. The molecule has 2 aromatic rings. The van der Waals surface area contributed by atoms with Crippen molar-refractivity contribution < 1.29 is 18.9 Å². The van der Waals surface area contributed by atoms with Gasteiger partial charge in [0.05, 0.1) is 18.1 Å². The van der Waals surface area contributed by atoms with Gasteiger partial charge in [0.1, 0.15) is 11.3 Å². The van der Waals surface area contributed by atoms with Crippen LogP contribution in [0.15, 0.2) is 28.7 Å². The van der Waals surface area contributed by atoms with Crippen LogP contribution < -0.4 is 0 Å². The zero-order valence-corrected chi connectivity index (χ0v) is 13.6. The molecule has 1 fully saturated rings. The van der Waals surface area contributed by atoms with Crippen LogP contribution in [0.4, 0.5) is 5.69 Å². The van der Waals surface area contributed by atoms with Gasteiger partial charge in [-0.2, -0.15) is 0 Å². The van der Waals surface area contributed by atoms with E-state index in [9.17, 15) is 14.9 Å². The van der Waals surface area contributed by atoms with E-state index >= 15 is 0 Å². The Bertz CT molecular complexity index is 831. The standard InChI is InChI=1S/C17H18N2O5/c1-11(9-16(20)18-5-7-23-8-6-18)17-12(2)24-15-4-3-13(19(21)22)10-14(15)17/h3-4,9-10H,5-8H2,1-2H3/b11-9+. The van der Waals surface area contributed by atoms with Crippen LogP contribution in [0, 0.1) is 17.0 Å². The Kier molecular flexibility index (Phi) is 4.35. The average Bonchev–Trinajstić information content (AvgIpc) is 2.90. The third-order valence-electron chi connectivity index (χ3n) is 4.12. The number of nitro benzene ring substituents is 1. The molecular formula is C17H18N2O5. The number of non-ortho nitro benzene ring substituents is 1. The number of furan rings is 1. The number of morpholine rings is 1. The number of ether oxygens (including phenoxy) is 1. The number of carbonyl (C=O) groups is 1. The van der Waals surface area contributed by atoms with Crippen LogP contribution in [0.3, 0.4) is 0 Å². The van der Waals surface area contributed by atoms with Crippen LogP contribution in [0.5, 0.6) is 0 Å². The molecular weight excluding hydrogens is 312 g/mol. The molecule has 0 N–H and O–H groups in total. The molecule has 0 bridgehead atoms. The summed E-state index contributed by atoms with van der Waals surface area (Å²) in [5.41, 5.74) is 2.02. The molecule has 0 saturated carbocycles. The molecule has 1 amide bonds. The van der Waals surface area contributed by atoms with Crippen molar-refractivity contribution in [3.8, 4) is 0 Å². The molecule has 1 saturated heterocycles. The third-order valence-corrected chi connectivity index (χ3v) is 4.12. The van der Waals surface area contributed by atoms with E-state index in [0.717, 1.165) is 11.1 Å². The van der Waals surface area contributed by atoms with Crippen molar-refractivity contribution >= 4 is 28.1 Å². The Hall–Kier alpha value is -2.67. The number of allylic oxidation sites excluding steroid dienone is 1. The molecule has 7 heteroatoms.